The van der Waals surface area contributed by atoms with Crippen molar-refractivity contribution in [3.05, 3.63) is 57.8 Å². The van der Waals surface area contributed by atoms with E-state index in [4.69, 9.17) is 5.73 Å². The molecule has 1 heterocycles. The fourth-order valence-electron chi connectivity index (χ4n) is 1.54. The topological polar surface area (TPSA) is 60.9 Å². The summed E-state index contributed by atoms with van der Waals surface area (Å²) in [6.45, 7) is 1.95. The molecule has 0 radical (unpaired) electrons. The summed E-state index contributed by atoms with van der Waals surface area (Å²) in [6.07, 6.45) is 0. The van der Waals surface area contributed by atoms with Crippen LogP contribution in [0, 0.1) is 12.7 Å². The molecule has 1 aromatic carbocycles. The summed E-state index contributed by atoms with van der Waals surface area (Å²) >= 11 is 0. The normalized spacial score (nSPS) is 10.5. The molecular weight excluding hydrogens is 221 g/mol. The van der Waals surface area contributed by atoms with Crippen LogP contribution >= 0.6 is 0 Å². The average Bonchev–Trinajstić information content (AvgIpc) is 2.28. The maximum absolute atomic E-state index is 13.1. The molecule has 4 nitrogen and oxygen atoms in total. The Bertz CT molecular complexity index is 607. The predicted octanol–water partition coefficient (Wildman–Crippen LogP) is 1.32. The van der Waals surface area contributed by atoms with E-state index in [9.17, 15) is 9.18 Å². The molecule has 17 heavy (non-hydrogen) atoms. The van der Waals surface area contributed by atoms with Crippen LogP contribution in [0.1, 0.15) is 11.3 Å². The van der Waals surface area contributed by atoms with Crippen molar-refractivity contribution < 1.29 is 4.39 Å². The van der Waals surface area contributed by atoms with Crippen molar-refractivity contribution in [3.63, 3.8) is 0 Å². The lowest BCUT2D eigenvalue weighted by molar-refractivity contribution is 0.607. The van der Waals surface area contributed by atoms with Crippen LogP contribution in [0.15, 0.2) is 35.1 Å². The van der Waals surface area contributed by atoms with Crippen LogP contribution in [0.25, 0.3) is 0 Å². The molecule has 0 fully saturated rings. The zero-order chi connectivity index (χ0) is 12.4. The highest BCUT2D eigenvalue weighted by Gasteiger charge is 2.04. The van der Waals surface area contributed by atoms with E-state index in [0.29, 0.717) is 11.3 Å². The largest absolute Gasteiger partial charge is 0.398 e. The Balaban J connectivity index is 2.41. The fraction of sp³-hybridized carbons (Fsp3) is 0.167. The smallest absolute Gasteiger partial charge is 0.267 e. The lowest BCUT2D eigenvalue weighted by Crippen LogP contribution is -2.23. The number of nitrogens with two attached hydrogens (primary N) is 1. The van der Waals surface area contributed by atoms with E-state index in [-0.39, 0.29) is 17.9 Å². The Morgan fingerprint density at radius 3 is 2.88 bits per heavy atom. The number of halogens is 1. The Morgan fingerprint density at radius 1 is 1.35 bits per heavy atom. The monoisotopic (exact) mass is 233 g/mol. The molecule has 0 atom stereocenters. The summed E-state index contributed by atoms with van der Waals surface area (Å²) < 4.78 is 14.3. The maximum atomic E-state index is 13.1. The molecular formula is C12H12FN3O. The van der Waals surface area contributed by atoms with Gasteiger partial charge in [0.2, 0.25) is 0 Å². The second kappa shape index (κ2) is 4.37. The van der Waals surface area contributed by atoms with Gasteiger partial charge >= 0.3 is 0 Å². The fourth-order valence-corrected chi connectivity index (χ4v) is 1.54. The van der Waals surface area contributed by atoms with Crippen LogP contribution in [0.2, 0.25) is 0 Å². The van der Waals surface area contributed by atoms with Gasteiger partial charge in [-0.1, -0.05) is 0 Å². The van der Waals surface area contributed by atoms with Gasteiger partial charge in [0.15, 0.2) is 0 Å². The predicted molar refractivity (Wildman–Crippen MR) is 63.1 cm³/mol. The summed E-state index contributed by atoms with van der Waals surface area (Å²) in [5, 5.41) is 4.06. The molecule has 0 amide bonds. The van der Waals surface area contributed by atoms with E-state index in [1.807, 2.05) is 0 Å². The summed E-state index contributed by atoms with van der Waals surface area (Å²) in [7, 11) is 0. The first-order valence-electron chi connectivity index (χ1n) is 5.15. The van der Waals surface area contributed by atoms with Gasteiger partial charge in [0.1, 0.15) is 5.82 Å². The van der Waals surface area contributed by atoms with Crippen molar-refractivity contribution in [1.82, 2.24) is 9.78 Å². The highest BCUT2D eigenvalue weighted by molar-refractivity contribution is 5.46. The number of rotatable bonds is 2. The molecule has 0 aliphatic heterocycles. The molecule has 0 spiro atoms. The third-order valence-corrected chi connectivity index (χ3v) is 2.43. The number of nitrogens with zero attached hydrogens (tertiary/aromatic N) is 2. The van der Waals surface area contributed by atoms with Gasteiger partial charge in [0, 0.05) is 11.8 Å². The first-order valence-corrected chi connectivity index (χ1v) is 5.15. The van der Waals surface area contributed by atoms with Gasteiger partial charge in [-0.2, -0.15) is 5.10 Å². The quantitative estimate of drug-likeness (QED) is 0.796. The Labute approximate surface area is 97.5 Å². The number of anilines is 1. The van der Waals surface area contributed by atoms with Crippen molar-refractivity contribution in [2.75, 3.05) is 5.73 Å². The van der Waals surface area contributed by atoms with E-state index in [0.717, 1.165) is 5.69 Å². The van der Waals surface area contributed by atoms with Crippen molar-refractivity contribution in [2.24, 2.45) is 0 Å². The molecule has 2 aromatic rings. The molecule has 0 aliphatic carbocycles. The minimum absolute atomic E-state index is 0.171. The van der Waals surface area contributed by atoms with Crippen LogP contribution in [0.4, 0.5) is 10.1 Å². The number of aryl methyl sites for hydroxylation is 1. The molecule has 1 aromatic heterocycles. The third kappa shape index (κ3) is 2.50. The first kappa shape index (κ1) is 11.3. The molecule has 0 saturated heterocycles. The number of hydrogen-bond acceptors (Lipinski definition) is 3. The van der Waals surface area contributed by atoms with Gasteiger partial charge in [-0.15, -0.1) is 0 Å². The van der Waals surface area contributed by atoms with Crippen molar-refractivity contribution >= 4 is 5.69 Å². The van der Waals surface area contributed by atoms with Crippen molar-refractivity contribution in [2.45, 2.75) is 13.5 Å². The van der Waals surface area contributed by atoms with E-state index in [2.05, 4.69) is 5.10 Å². The second-order valence-electron chi connectivity index (χ2n) is 3.81. The van der Waals surface area contributed by atoms with Crippen molar-refractivity contribution in [3.8, 4) is 0 Å². The number of nitrogen functional groups attached to an aromatic ring is 1. The van der Waals surface area contributed by atoms with Gasteiger partial charge < -0.3 is 5.73 Å². The van der Waals surface area contributed by atoms with E-state index >= 15 is 0 Å². The molecule has 88 valence electrons. The zero-order valence-electron chi connectivity index (χ0n) is 9.35. The van der Waals surface area contributed by atoms with Gasteiger partial charge in [-0.25, -0.2) is 9.07 Å². The minimum atomic E-state index is -0.380. The van der Waals surface area contributed by atoms with Crippen LogP contribution < -0.4 is 11.3 Å². The SMILES string of the molecule is Cc1ccc(=O)n(Cc2cc(F)ccc2N)n1. The van der Waals surface area contributed by atoms with E-state index in [1.165, 1.54) is 28.9 Å². The van der Waals surface area contributed by atoms with Crippen LogP contribution in [0.5, 0.6) is 0 Å². The van der Waals surface area contributed by atoms with Crippen LogP contribution in [-0.2, 0) is 6.54 Å². The average molecular weight is 233 g/mol. The molecule has 0 bridgehead atoms. The molecule has 0 aliphatic rings. The van der Waals surface area contributed by atoms with E-state index in [1.54, 1.807) is 13.0 Å². The van der Waals surface area contributed by atoms with Gasteiger partial charge in [0.05, 0.1) is 12.2 Å². The molecule has 2 rings (SSSR count). The van der Waals surface area contributed by atoms with Crippen LogP contribution in [0.3, 0.4) is 0 Å². The molecule has 2 N–H and O–H groups in total. The van der Waals surface area contributed by atoms with Crippen molar-refractivity contribution in [1.29, 1.82) is 0 Å². The van der Waals surface area contributed by atoms with Crippen LogP contribution in [-0.4, -0.2) is 9.78 Å². The standard InChI is InChI=1S/C12H12FN3O/c1-8-2-5-12(17)16(15-8)7-9-6-10(13)3-4-11(9)14/h2-6H,7,14H2,1H3. The Kier molecular flexibility index (Phi) is 2.91. The third-order valence-electron chi connectivity index (χ3n) is 2.43. The molecule has 5 heteroatoms. The number of benzene rings is 1. The summed E-state index contributed by atoms with van der Waals surface area (Å²) in [5.74, 6) is -0.380. The lowest BCUT2D eigenvalue weighted by Gasteiger charge is -2.08. The summed E-state index contributed by atoms with van der Waals surface area (Å²) in [5.41, 5.74) is 7.19. The van der Waals surface area contributed by atoms with Gasteiger partial charge in [0.25, 0.3) is 5.56 Å². The minimum Gasteiger partial charge on any atom is -0.398 e. The second-order valence-corrected chi connectivity index (χ2v) is 3.81. The number of hydrogen-bond donors (Lipinski definition) is 1. The highest BCUT2D eigenvalue weighted by atomic mass is 19.1. The van der Waals surface area contributed by atoms with E-state index < -0.39 is 0 Å². The zero-order valence-corrected chi connectivity index (χ0v) is 9.35. The lowest BCUT2D eigenvalue weighted by atomic mass is 10.2. The first-order chi connectivity index (χ1) is 8.06. The van der Waals surface area contributed by atoms with Gasteiger partial charge in [-0.05, 0) is 36.8 Å². The summed E-state index contributed by atoms with van der Waals surface area (Å²) in [4.78, 5) is 11.5. The highest BCUT2D eigenvalue weighted by Crippen LogP contribution is 2.13. The molecule has 0 unspecified atom stereocenters. The maximum Gasteiger partial charge on any atom is 0.267 e. The summed E-state index contributed by atoms with van der Waals surface area (Å²) in [6, 6.07) is 7.13. The van der Waals surface area contributed by atoms with Gasteiger partial charge in [-0.3, -0.25) is 4.79 Å². The number of aromatic nitrogens is 2. The molecule has 0 saturated carbocycles. The Morgan fingerprint density at radius 2 is 2.12 bits per heavy atom. The Hall–Kier alpha value is -2.17.